The Bertz CT molecular complexity index is 656. The van der Waals surface area contributed by atoms with E-state index in [0.717, 1.165) is 4.31 Å². The van der Waals surface area contributed by atoms with Crippen molar-refractivity contribution in [3.05, 3.63) is 35.6 Å². The highest BCUT2D eigenvalue weighted by Crippen LogP contribution is 2.15. The SMILES string of the molecule is CN(C)S(=O)(=O)NC1CCN(C(=O)Cc2ccccc2F)CC1. The molecule has 0 aliphatic carbocycles. The molecule has 1 aliphatic rings. The summed E-state index contributed by atoms with van der Waals surface area (Å²) >= 11 is 0. The summed E-state index contributed by atoms with van der Waals surface area (Å²) in [7, 11) is -0.524. The zero-order chi connectivity index (χ0) is 17.0. The minimum Gasteiger partial charge on any atom is -0.342 e. The Hall–Kier alpha value is -1.51. The summed E-state index contributed by atoms with van der Waals surface area (Å²) < 4.78 is 40.9. The summed E-state index contributed by atoms with van der Waals surface area (Å²) in [5.41, 5.74) is 0.382. The quantitative estimate of drug-likeness (QED) is 0.858. The van der Waals surface area contributed by atoms with Crippen LogP contribution < -0.4 is 4.72 Å². The summed E-state index contributed by atoms with van der Waals surface area (Å²) in [5, 5.41) is 0. The zero-order valence-electron chi connectivity index (χ0n) is 13.3. The first-order valence-electron chi connectivity index (χ1n) is 7.50. The van der Waals surface area contributed by atoms with E-state index in [2.05, 4.69) is 4.72 Å². The lowest BCUT2D eigenvalue weighted by Gasteiger charge is -2.32. The van der Waals surface area contributed by atoms with Gasteiger partial charge in [-0.15, -0.1) is 0 Å². The molecule has 0 radical (unpaired) electrons. The van der Waals surface area contributed by atoms with Gasteiger partial charge in [-0.05, 0) is 24.5 Å². The van der Waals surface area contributed by atoms with E-state index in [0.29, 0.717) is 31.5 Å². The molecule has 1 heterocycles. The third-order valence-corrected chi connectivity index (χ3v) is 5.54. The Labute approximate surface area is 136 Å². The molecule has 0 spiro atoms. The molecule has 0 saturated carbocycles. The molecule has 1 N–H and O–H groups in total. The first-order valence-corrected chi connectivity index (χ1v) is 8.94. The molecule has 0 atom stereocenters. The Balaban J connectivity index is 1.87. The van der Waals surface area contributed by atoms with E-state index < -0.39 is 10.2 Å². The van der Waals surface area contributed by atoms with E-state index in [4.69, 9.17) is 0 Å². The van der Waals surface area contributed by atoms with Gasteiger partial charge in [-0.1, -0.05) is 18.2 Å². The van der Waals surface area contributed by atoms with Crippen LogP contribution in [0.2, 0.25) is 0 Å². The predicted molar refractivity (Wildman–Crippen MR) is 85.4 cm³/mol. The standard InChI is InChI=1S/C15H22FN3O3S/c1-18(2)23(21,22)17-13-7-9-19(10-8-13)15(20)11-12-5-3-4-6-14(12)16/h3-6,13,17H,7-11H2,1-2H3. The number of rotatable bonds is 5. The molecule has 128 valence electrons. The number of hydrogen-bond acceptors (Lipinski definition) is 3. The van der Waals surface area contributed by atoms with Crippen molar-refractivity contribution in [1.29, 1.82) is 0 Å². The van der Waals surface area contributed by atoms with Gasteiger partial charge in [0.25, 0.3) is 10.2 Å². The van der Waals surface area contributed by atoms with E-state index in [9.17, 15) is 17.6 Å². The van der Waals surface area contributed by atoms with Crippen LogP contribution in [0.15, 0.2) is 24.3 Å². The Kier molecular flexibility index (Phi) is 5.72. The maximum atomic E-state index is 13.6. The van der Waals surface area contributed by atoms with Crippen molar-refractivity contribution >= 4 is 16.1 Å². The summed E-state index contributed by atoms with van der Waals surface area (Å²) in [6.07, 6.45) is 1.13. The second-order valence-electron chi connectivity index (χ2n) is 5.83. The van der Waals surface area contributed by atoms with Gasteiger partial charge in [0.2, 0.25) is 5.91 Å². The number of piperidine rings is 1. The number of carbonyl (C=O) groups excluding carboxylic acids is 1. The van der Waals surface area contributed by atoms with Crippen LogP contribution in [-0.2, 0) is 21.4 Å². The lowest BCUT2D eigenvalue weighted by molar-refractivity contribution is -0.131. The minimum absolute atomic E-state index is 0.0285. The third kappa shape index (κ3) is 4.73. The van der Waals surface area contributed by atoms with Crippen molar-refractivity contribution < 1.29 is 17.6 Å². The topological polar surface area (TPSA) is 69.7 Å². The lowest BCUT2D eigenvalue weighted by Crippen LogP contribution is -2.49. The normalized spacial score (nSPS) is 16.8. The van der Waals surface area contributed by atoms with Crippen molar-refractivity contribution in [1.82, 2.24) is 13.9 Å². The maximum Gasteiger partial charge on any atom is 0.279 e. The smallest absolute Gasteiger partial charge is 0.279 e. The summed E-state index contributed by atoms with van der Waals surface area (Å²) in [6.45, 7) is 0.932. The fourth-order valence-corrected chi connectivity index (χ4v) is 3.35. The highest BCUT2D eigenvalue weighted by atomic mass is 32.2. The van der Waals surface area contributed by atoms with Gasteiger partial charge >= 0.3 is 0 Å². The Morgan fingerprint density at radius 3 is 2.48 bits per heavy atom. The molecule has 8 heteroatoms. The van der Waals surface area contributed by atoms with Crippen LogP contribution in [0.5, 0.6) is 0 Å². The van der Waals surface area contributed by atoms with Gasteiger partial charge in [0.1, 0.15) is 5.82 Å². The molecule has 1 aliphatic heterocycles. The second kappa shape index (κ2) is 7.37. The number of nitrogens with zero attached hydrogens (tertiary/aromatic N) is 2. The molecule has 1 aromatic carbocycles. The highest BCUT2D eigenvalue weighted by molar-refractivity contribution is 7.87. The van der Waals surface area contributed by atoms with Crippen LogP contribution >= 0.6 is 0 Å². The van der Waals surface area contributed by atoms with Gasteiger partial charge in [0.05, 0.1) is 6.42 Å². The lowest BCUT2D eigenvalue weighted by atomic mass is 10.0. The number of carbonyl (C=O) groups is 1. The molecule has 1 aromatic rings. The van der Waals surface area contributed by atoms with Crippen LogP contribution in [0.4, 0.5) is 4.39 Å². The van der Waals surface area contributed by atoms with Gasteiger partial charge in [-0.25, -0.2) is 4.39 Å². The molecule has 0 aromatic heterocycles. The number of nitrogens with one attached hydrogen (secondary N) is 1. The van der Waals surface area contributed by atoms with Gasteiger partial charge < -0.3 is 4.90 Å². The third-order valence-electron chi connectivity index (χ3n) is 3.94. The number of amides is 1. The zero-order valence-corrected chi connectivity index (χ0v) is 14.1. The van der Waals surface area contributed by atoms with Crippen molar-refractivity contribution in [2.75, 3.05) is 27.2 Å². The fraction of sp³-hybridized carbons (Fsp3) is 0.533. The summed E-state index contributed by atoms with van der Waals surface area (Å²) in [6, 6.07) is 6.05. The van der Waals surface area contributed by atoms with Crippen molar-refractivity contribution in [2.45, 2.75) is 25.3 Å². The van der Waals surface area contributed by atoms with Crippen molar-refractivity contribution in [3.8, 4) is 0 Å². The Morgan fingerprint density at radius 2 is 1.91 bits per heavy atom. The molecule has 23 heavy (non-hydrogen) atoms. The van der Waals surface area contributed by atoms with Crippen LogP contribution in [-0.4, -0.2) is 56.8 Å². The summed E-state index contributed by atoms with van der Waals surface area (Å²) in [4.78, 5) is 13.9. The average Bonchev–Trinajstić information content (AvgIpc) is 2.49. The van der Waals surface area contributed by atoms with Crippen molar-refractivity contribution in [3.63, 3.8) is 0 Å². The number of hydrogen-bond donors (Lipinski definition) is 1. The van der Waals surface area contributed by atoms with Crippen LogP contribution in [0.3, 0.4) is 0 Å². The molecule has 1 saturated heterocycles. The molecule has 1 fully saturated rings. The van der Waals surface area contributed by atoms with E-state index in [1.165, 1.54) is 20.2 Å². The molecule has 1 amide bonds. The van der Waals surface area contributed by atoms with E-state index >= 15 is 0 Å². The molecular weight excluding hydrogens is 321 g/mol. The van der Waals surface area contributed by atoms with Gasteiger partial charge in [-0.3, -0.25) is 4.79 Å². The molecule has 0 unspecified atom stereocenters. The average molecular weight is 343 g/mol. The molecule has 2 rings (SSSR count). The second-order valence-corrected chi connectivity index (χ2v) is 7.74. The first kappa shape index (κ1) is 17.8. The number of likely N-dealkylation sites (tertiary alicyclic amines) is 1. The van der Waals surface area contributed by atoms with Gasteiger partial charge in [0, 0.05) is 33.2 Å². The number of halogens is 1. The first-order chi connectivity index (χ1) is 10.8. The van der Waals surface area contributed by atoms with E-state index in [-0.39, 0.29) is 24.2 Å². The van der Waals surface area contributed by atoms with E-state index in [1.807, 2.05) is 0 Å². The van der Waals surface area contributed by atoms with Crippen LogP contribution in [0.25, 0.3) is 0 Å². The van der Waals surface area contributed by atoms with Gasteiger partial charge in [-0.2, -0.15) is 17.4 Å². The van der Waals surface area contributed by atoms with Crippen LogP contribution in [0.1, 0.15) is 18.4 Å². The monoisotopic (exact) mass is 343 g/mol. The Morgan fingerprint density at radius 1 is 1.30 bits per heavy atom. The minimum atomic E-state index is -3.46. The highest BCUT2D eigenvalue weighted by Gasteiger charge is 2.26. The summed E-state index contributed by atoms with van der Waals surface area (Å²) in [5.74, 6) is -0.515. The predicted octanol–water partition coefficient (Wildman–Crippen LogP) is 0.755. The van der Waals surface area contributed by atoms with Gasteiger partial charge in [0.15, 0.2) is 0 Å². The molecule has 6 nitrogen and oxygen atoms in total. The largest absolute Gasteiger partial charge is 0.342 e. The maximum absolute atomic E-state index is 13.6. The van der Waals surface area contributed by atoms with Crippen LogP contribution in [0, 0.1) is 5.82 Å². The van der Waals surface area contributed by atoms with E-state index in [1.54, 1.807) is 23.1 Å². The number of benzene rings is 1. The fourth-order valence-electron chi connectivity index (χ4n) is 2.48. The van der Waals surface area contributed by atoms with Crippen molar-refractivity contribution in [2.24, 2.45) is 0 Å². The molecule has 0 bridgehead atoms. The molecular formula is C15H22FN3O3S.